The van der Waals surface area contributed by atoms with Crippen molar-refractivity contribution in [2.45, 2.75) is 50.8 Å². The molecule has 1 aromatic rings. The molecule has 88 valence electrons. The van der Waals surface area contributed by atoms with Crippen LogP contribution in [0.1, 0.15) is 44.2 Å². The van der Waals surface area contributed by atoms with Gasteiger partial charge in [0, 0.05) is 24.5 Å². The second-order valence-corrected chi connectivity index (χ2v) is 4.63. The first-order valence-corrected chi connectivity index (χ1v) is 6.11. The Labute approximate surface area is 96.9 Å². The molecule has 0 spiro atoms. The summed E-state index contributed by atoms with van der Waals surface area (Å²) in [5.74, 6) is 0. The molecular weight excluding hydrogens is 200 g/mol. The van der Waals surface area contributed by atoms with E-state index in [1.807, 2.05) is 24.5 Å². The third-order valence-electron chi connectivity index (χ3n) is 3.40. The average molecular weight is 220 g/mol. The number of rotatable bonds is 3. The Morgan fingerprint density at radius 3 is 2.69 bits per heavy atom. The van der Waals surface area contributed by atoms with Gasteiger partial charge in [-0.25, -0.2) is 0 Å². The van der Waals surface area contributed by atoms with Crippen molar-refractivity contribution >= 4 is 0 Å². The molecule has 1 aromatic heterocycles. The van der Waals surface area contributed by atoms with E-state index in [-0.39, 0.29) is 18.2 Å². The zero-order valence-corrected chi connectivity index (χ0v) is 9.76. The predicted molar refractivity (Wildman–Crippen MR) is 64.1 cm³/mol. The van der Waals surface area contributed by atoms with Gasteiger partial charge in [0.2, 0.25) is 0 Å². The highest BCUT2D eigenvalue weighted by atomic mass is 16.3. The second-order valence-electron chi connectivity index (χ2n) is 4.63. The quantitative estimate of drug-likeness (QED) is 0.819. The van der Waals surface area contributed by atoms with E-state index >= 15 is 0 Å². The van der Waals surface area contributed by atoms with E-state index in [9.17, 15) is 5.11 Å². The van der Waals surface area contributed by atoms with Crippen molar-refractivity contribution in [3.8, 4) is 0 Å². The molecule has 1 aliphatic rings. The molecule has 3 nitrogen and oxygen atoms in total. The monoisotopic (exact) mass is 220 g/mol. The van der Waals surface area contributed by atoms with Crippen LogP contribution in [0.15, 0.2) is 24.5 Å². The number of hydrogen-bond acceptors (Lipinski definition) is 3. The fourth-order valence-corrected chi connectivity index (χ4v) is 2.38. The van der Waals surface area contributed by atoms with E-state index in [4.69, 9.17) is 0 Å². The van der Waals surface area contributed by atoms with Crippen molar-refractivity contribution in [1.29, 1.82) is 0 Å². The lowest BCUT2D eigenvalue weighted by Gasteiger charge is -2.31. The van der Waals surface area contributed by atoms with Crippen LogP contribution in [-0.4, -0.2) is 22.2 Å². The van der Waals surface area contributed by atoms with Crippen LogP contribution in [0.2, 0.25) is 0 Å². The van der Waals surface area contributed by atoms with E-state index in [0.29, 0.717) is 0 Å². The Kier molecular flexibility index (Phi) is 3.91. The lowest BCUT2D eigenvalue weighted by molar-refractivity contribution is 0.0860. The topological polar surface area (TPSA) is 45.1 Å². The van der Waals surface area contributed by atoms with Gasteiger partial charge in [-0.05, 0) is 37.5 Å². The van der Waals surface area contributed by atoms with Crippen LogP contribution in [0, 0.1) is 0 Å². The van der Waals surface area contributed by atoms with Crippen LogP contribution in [0.4, 0.5) is 0 Å². The fourth-order valence-electron chi connectivity index (χ4n) is 2.38. The molecule has 0 saturated heterocycles. The molecule has 2 N–H and O–H groups in total. The minimum atomic E-state index is -0.182. The summed E-state index contributed by atoms with van der Waals surface area (Å²) in [6.45, 7) is 2.14. The highest BCUT2D eigenvalue weighted by molar-refractivity contribution is 5.14. The molecule has 1 aliphatic carbocycles. The van der Waals surface area contributed by atoms with Gasteiger partial charge in [0.05, 0.1) is 6.10 Å². The fraction of sp³-hybridized carbons (Fsp3) is 0.615. The van der Waals surface area contributed by atoms with Crippen molar-refractivity contribution in [1.82, 2.24) is 10.3 Å². The van der Waals surface area contributed by atoms with Gasteiger partial charge in [-0.2, -0.15) is 0 Å². The summed E-state index contributed by atoms with van der Waals surface area (Å²) >= 11 is 0. The summed E-state index contributed by atoms with van der Waals surface area (Å²) in [6, 6.07) is 4.57. The van der Waals surface area contributed by atoms with E-state index in [1.54, 1.807) is 0 Å². The molecule has 1 heterocycles. The summed E-state index contributed by atoms with van der Waals surface area (Å²) in [6.07, 6.45) is 7.83. The molecule has 3 heteroatoms. The lowest BCUT2D eigenvalue weighted by atomic mass is 9.91. The lowest BCUT2D eigenvalue weighted by Crippen LogP contribution is -2.43. The molecule has 0 bridgehead atoms. The van der Waals surface area contributed by atoms with Crippen molar-refractivity contribution in [3.05, 3.63) is 30.1 Å². The third-order valence-corrected chi connectivity index (χ3v) is 3.40. The summed E-state index contributed by atoms with van der Waals surface area (Å²) in [4.78, 5) is 4.01. The van der Waals surface area contributed by atoms with E-state index in [1.165, 1.54) is 12.0 Å². The Balaban J connectivity index is 1.94. The van der Waals surface area contributed by atoms with Gasteiger partial charge in [0.1, 0.15) is 0 Å². The van der Waals surface area contributed by atoms with Gasteiger partial charge in [0.25, 0.3) is 0 Å². The maximum Gasteiger partial charge on any atom is 0.0693 e. The zero-order chi connectivity index (χ0) is 11.4. The number of nitrogens with one attached hydrogen (secondary N) is 1. The third kappa shape index (κ3) is 2.80. The molecule has 16 heavy (non-hydrogen) atoms. The molecule has 0 aromatic carbocycles. The van der Waals surface area contributed by atoms with Crippen molar-refractivity contribution < 1.29 is 5.11 Å². The minimum Gasteiger partial charge on any atom is -0.392 e. The Bertz CT molecular complexity index is 315. The molecule has 1 fully saturated rings. The number of aromatic nitrogens is 1. The van der Waals surface area contributed by atoms with E-state index in [0.717, 1.165) is 19.3 Å². The van der Waals surface area contributed by atoms with Gasteiger partial charge in [-0.3, -0.25) is 4.98 Å². The molecule has 0 amide bonds. The standard InChI is InChI=1S/C13H20N2O/c1-10(11-6-8-14-9-7-11)15-12-4-2-3-5-13(12)16/h6-10,12-13,15-16H,2-5H2,1H3. The van der Waals surface area contributed by atoms with Gasteiger partial charge >= 0.3 is 0 Å². The Hall–Kier alpha value is -0.930. The maximum atomic E-state index is 9.89. The number of pyridine rings is 1. The zero-order valence-electron chi connectivity index (χ0n) is 9.76. The number of aliphatic hydroxyl groups is 1. The number of aliphatic hydroxyl groups excluding tert-OH is 1. The summed E-state index contributed by atoms with van der Waals surface area (Å²) < 4.78 is 0. The molecule has 0 aliphatic heterocycles. The molecular formula is C13H20N2O. The molecule has 3 unspecified atom stereocenters. The largest absolute Gasteiger partial charge is 0.392 e. The highest BCUT2D eigenvalue weighted by Crippen LogP contribution is 2.21. The highest BCUT2D eigenvalue weighted by Gasteiger charge is 2.24. The summed E-state index contributed by atoms with van der Waals surface area (Å²) in [5, 5.41) is 13.4. The van der Waals surface area contributed by atoms with Crippen LogP contribution in [0.25, 0.3) is 0 Å². The van der Waals surface area contributed by atoms with Crippen molar-refractivity contribution in [3.63, 3.8) is 0 Å². The minimum absolute atomic E-state index is 0.182. The van der Waals surface area contributed by atoms with Crippen molar-refractivity contribution in [2.24, 2.45) is 0 Å². The van der Waals surface area contributed by atoms with Crippen LogP contribution < -0.4 is 5.32 Å². The average Bonchev–Trinajstić information content (AvgIpc) is 2.33. The SMILES string of the molecule is CC(NC1CCCCC1O)c1ccncc1. The normalized spacial score (nSPS) is 27.6. The van der Waals surface area contributed by atoms with Gasteiger partial charge in [-0.1, -0.05) is 12.8 Å². The summed E-state index contributed by atoms with van der Waals surface area (Å²) in [5.41, 5.74) is 1.23. The van der Waals surface area contributed by atoms with Gasteiger partial charge < -0.3 is 10.4 Å². The molecule has 2 rings (SSSR count). The van der Waals surface area contributed by atoms with Crippen LogP contribution in [0.5, 0.6) is 0 Å². The van der Waals surface area contributed by atoms with Crippen LogP contribution in [0.3, 0.4) is 0 Å². The first-order valence-electron chi connectivity index (χ1n) is 6.11. The Morgan fingerprint density at radius 2 is 2.00 bits per heavy atom. The van der Waals surface area contributed by atoms with Gasteiger partial charge in [-0.15, -0.1) is 0 Å². The second kappa shape index (κ2) is 5.41. The first-order chi connectivity index (χ1) is 7.77. The molecule has 1 saturated carbocycles. The summed E-state index contributed by atoms with van der Waals surface area (Å²) in [7, 11) is 0. The first kappa shape index (κ1) is 11.6. The van der Waals surface area contributed by atoms with Crippen molar-refractivity contribution in [2.75, 3.05) is 0 Å². The molecule has 0 radical (unpaired) electrons. The van der Waals surface area contributed by atoms with Crippen LogP contribution >= 0.6 is 0 Å². The number of hydrogen-bond donors (Lipinski definition) is 2. The number of nitrogens with zero attached hydrogens (tertiary/aromatic N) is 1. The predicted octanol–water partition coefficient (Wildman–Crippen LogP) is 2.04. The van der Waals surface area contributed by atoms with E-state index < -0.39 is 0 Å². The maximum absolute atomic E-state index is 9.89. The molecule has 3 atom stereocenters. The van der Waals surface area contributed by atoms with Gasteiger partial charge in [0.15, 0.2) is 0 Å². The van der Waals surface area contributed by atoms with E-state index in [2.05, 4.69) is 17.2 Å². The smallest absolute Gasteiger partial charge is 0.0693 e. The Morgan fingerprint density at radius 1 is 1.31 bits per heavy atom. The van der Waals surface area contributed by atoms with Crippen LogP contribution in [-0.2, 0) is 0 Å².